The Labute approximate surface area is 98.1 Å². The van der Waals surface area contributed by atoms with Gasteiger partial charge in [-0.3, -0.25) is 0 Å². The summed E-state index contributed by atoms with van der Waals surface area (Å²) in [6.07, 6.45) is 7.30. The first-order valence-corrected chi connectivity index (χ1v) is 5.42. The standard InChI is InChI=1S/C11H16O3.C2H6/c1-4-9(3)6-7-10(5-2)14-8-11(12)13;1-2/h4-7H,8H2,1-3H3,(H,12,13);1-2H3/b7-6-,9-4-,10-5+;. The second kappa shape index (κ2) is 11.6. The lowest BCUT2D eigenvalue weighted by molar-refractivity contribution is -0.140. The zero-order chi connectivity index (χ0) is 13.0. The number of ether oxygens (including phenoxy) is 1. The van der Waals surface area contributed by atoms with Crippen molar-refractivity contribution in [2.75, 3.05) is 6.61 Å². The van der Waals surface area contributed by atoms with Gasteiger partial charge in [0.25, 0.3) is 0 Å². The van der Waals surface area contributed by atoms with Crippen LogP contribution in [-0.4, -0.2) is 17.7 Å². The molecule has 0 unspecified atom stereocenters. The van der Waals surface area contributed by atoms with Crippen molar-refractivity contribution in [2.24, 2.45) is 0 Å². The molecular formula is C13H22O3. The summed E-state index contributed by atoms with van der Waals surface area (Å²) >= 11 is 0. The van der Waals surface area contributed by atoms with Gasteiger partial charge in [0, 0.05) is 0 Å². The Morgan fingerprint density at radius 3 is 2.12 bits per heavy atom. The van der Waals surface area contributed by atoms with Crippen LogP contribution in [0.4, 0.5) is 0 Å². The molecule has 0 bridgehead atoms. The van der Waals surface area contributed by atoms with Crippen LogP contribution in [0.5, 0.6) is 0 Å². The van der Waals surface area contributed by atoms with Gasteiger partial charge < -0.3 is 9.84 Å². The molecule has 0 saturated heterocycles. The number of allylic oxidation sites excluding steroid dienone is 5. The lowest BCUT2D eigenvalue weighted by Crippen LogP contribution is -2.05. The Hall–Kier alpha value is -1.51. The molecule has 16 heavy (non-hydrogen) atoms. The van der Waals surface area contributed by atoms with Gasteiger partial charge in [-0.05, 0) is 32.9 Å². The van der Waals surface area contributed by atoms with E-state index in [1.54, 1.807) is 19.1 Å². The first-order chi connectivity index (χ1) is 7.60. The van der Waals surface area contributed by atoms with E-state index in [4.69, 9.17) is 9.84 Å². The monoisotopic (exact) mass is 226 g/mol. The van der Waals surface area contributed by atoms with Gasteiger partial charge in [0.1, 0.15) is 5.76 Å². The molecule has 0 heterocycles. The van der Waals surface area contributed by atoms with Gasteiger partial charge in [0.05, 0.1) is 0 Å². The molecule has 0 aliphatic carbocycles. The van der Waals surface area contributed by atoms with Crippen molar-refractivity contribution in [3.8, 4) is 0 Å². The second-order valence-electron chi connectivity index (χ2n) is 2.74. The van der Waals surface area contributed by atoms with Gasteiger partial charge in [-0.2, -0.15) is 0 Å². The highest BCUT2D eigenvalue weighted by atomic mass is 16.5. The summed E-state index contributed by atoms with van der Waals surface area (Å²) in [6.45, 7) is 9.39. The van der Waals surface area contributed by atoms with Crippen LogP contribution in [0.2, 0.25) is 0 Å². The number of hydrogen-bond donors (Lipinski definition) is 1. The fourth-order valence-electron chi connectivity index (χ4n) is 0.683. The van der Waals surface area contributed by atoms with E-state index in [-0.39, 0.29) is 6.61 Å². The molecule has 3 nitrogen and oxygen atoms in total. The average molecular weight is 226 g/mol. The van der Waals surface area contributed by atoms with E-state index in [0.717, 1.165) is 5.57 Å². The Kier molecular flexibility index (Phi) is 12.2. The van der Waals surface area contributed by atoms with Gasteiger partial charge in [0.15, 0.2) is 6.61 Å². The van der Waals surface area contributed by atoms with Crippen LogP contribution in [0, 0.1) is 0 Å². The highest BCUT2D eigenvalue weighted by Crippen LogP contribution is 2.02. The fraction of sp³-hybridized carbons (Fsp3) is 0.462. The van der Waals surface area contributed by atoms with Crippen LogP contribution in [-0.2, 0) is 9.53 Å². The molecule has 0 fully saturated rings. The molecule has 1 N–H and O–H groups in total. The summed E-state index contributed by atoms with van der Waals surface area (Å²) in [4.78, 5) is 10.2. The second-order valence-corrected chi connectivity index (χ2v) is 2.74. The topological polar surface area (TPSA) is 46.5 Å². The van der Waals surface area contributed by atoms with Crippen molar-refractivity contribution >= 4 is 5.97 Å². The first-order valence-electron chi connectivity index (χ1n) is 5.42. The maximum Gasteiger partial charge on any atom is 0.341 e. The van der Waals surface area contributed by atoms with Crippen LogP contribution in [0.25, 0.3) is 0 Å². The maximum atomic E-state index is 10.2. The van der Waals surface area contributed by atoms with E-state index < -0.39 is 5.97 Å². The summed E-state index contributed by atoms with van der Waals surface area (Å²) in [5.41, 5.74) is 1.10. The molecule has 0 aromatic rings. The summed E-state index contributed by atoms with van der Waals surface area (Å²) in [7, 11) is 0. The molecule has 92 valence electrons. The van der Waals surface area contributed by atoms with Gasteiger partial charge in [-0.15, -0.1) is 0 Å². The minimum absolute atomic E-state index is 0.307. The third-order valence-corrected chi connectivity index (χ3v) is 1.61. The predicted molar refractivity (Wildman–Crippen MR) is 67.3 cm³/mol. The summed E-state index contributed by atoms with van der Waals surface area (Å²) in [6, 6.07) is 0. The molecule has 3 heteroatoms. The minimum atomic E-state index is -0.972. The minimum Gasteiger partial charge on any atom is -0.482 e. The third kappa shape index (κ3) is 10.6. The van der Waals surface area contributed by atoms with Crippen molar-refractivity contribution in [1.29, 1.82) is 0 Å². The van der Waals surface area contributed by atoms with Crippen molar-refractivity contribution in [2.45, 2.75) is 34.6 Å². The third-order valence-electron chi connectivity index (χ3n) is 1.61. The lowest BCUT2D eigenvalue weighted by Gasteiger charge is -2.02. The smallest absolute Gasteiger partial charge is 0.341 e. The van der Waals surface area contributed by atoms with Crippen molar-refractivity contribution < 1.29 is 14.6 Å². The van der Waals surface area contributed by atoms with Crippen LogP contribution in [0.3, 0.4) is 0 Å². The Morgan fingerprint density at radius 1 is 1.19 bits per heavy atom. The maximum absolute atomic E-state index is 10.2. The summed E-state index contributed by atoms with van der Waals surface area (Å²) in [5, 5.41) is 8.39. The van der Waals surface area contributed by atoms with E-state index >= 15 is 0 Å². The fourth-order valence-corrected chi connectivity index (χ4v) is 0.683. The summed E-state index contributed by atoms with van der Waals surface area (Å²) in [5.74, 6) is -0.408. The van der Waals surface area contributed by atoms with Crippen LogP contribution in [0.1, 0.15) is 34.6 Å². The Morgan fingerprint density at radius 2 is 1.75 bits per heavy atom. The van der Waals surface area contributed by atoms with E-state index in [1.165, 1.54) is 0 Å². The lowest BCUT2D eigenvalue weighted by atomic mass is 10.2. The van der Waals surface area contributed by atoms with Crippen LogP contribution in [0.15, 0.2) is 35.6 Å². The van der Waals surface area contributed by atoms with E-state index in [0.29, 0.717) is 5.76 Å². The molecule has 0 spiro atoms. The van der Waals surface area contributed by atoms with Gasteiger partial charge in [-0.1, -0.05) is 31.6 Å². The highest BCUT2D eigenvalue weighted by Gasteiger charge is 1.97. The molecule has 0 amide bonds. The molecule has 0 atom stereocenters. The Bertz CT molecular complexity index is 273. The van der Waals surface area contributed by atoms with Gasteiger partial charge in [-0.25, -0.2) is 4.79 Å². The number of carboxylic acids is 1. The molecule has 0 radical (unpaired) electrons. The molecular weight excluding hydrogens is 204 g/mol. The quantitative estimate of drug-likeness (QED) is 0.576. The largest absolute Gasteiger partial charge is 0.482 e. The van der Waals surface area contributed by atoms with Crippen molar-refractivity contribution in [1.82, 2.24) is 0 Å². The van der Waals surface area contributed by atoms with Crippen LogP contribution < -0.4 is 0 Å². The SMILES string of the molecule is CC.C\C=C(C)/C=C\C(=C/C)OCC(=O)O. The zero-order valence-corrected chi connectivity index (χ0v) is 10.8. The van der Waals surface area contributed by atoms with E-state index in [2.05, 4.69) is 0 Å². The molecule has 0 aliphatic heterocycles. The summed E-state index contributed by atoms with van der Waals surface area (Å²) < 4.78 is 5.00. The first kappa shape index (κ1) is 16.9. The Balaban J connectivity index is 0. The number of rotatable bonds is 5. The molecule has 0 aromatic heterocycles. The van der Waals surface area contributed by atoms with Crippen LogP contribution >= 0.6 is 0 Å². The van der Waals surface area contributed by atoms with Gasteiger partial charge >= 0.3 is 5.97 Å². The predicted octanol–water partition coefficient (Wildman–Crippen LogP) is 3.54. The normalized spacial score (nSPS) is 12.1. The number of carboxylic acid groups (broad SMARTS) is 1. The van der Waals surface area contributed by atoms with Gasteiger partial charge in [0.2, 0.25) is 0 Å². The molecule has 0 rings (SSSR count). The molecule has 0 aliphatic rings. The number of carbonyl (C=O) groups is 1. The zero-order valence-electron chi connectivity index (χ0n) is 10.8. The van der Waals surface area contributed by atoms with Crippen molar-refractivity contribution in [3.63, 3.8) is 0 Å². The average Bonchev–Trinajstić information content (AvgIpc) is 2.31. The molecule has 0 aromatic carbocycles. The van der Waals surface area contributed by atoms with E-state index in [1.807, 2.05) is 39.8 Å². The van der Waals surface area contributed by atoms with Crippen molar-refractivity contribution in [3.05, 3.63) is 35.6 Å². The number of hydrogen-bond acceptors (Lipinski definition) is 2. The van der Waals surface area contributed by atoms with E-state index in [9.17, 15) is 4.79 Å². The molecule has 0 saturated carbocycles. The highest BCUT2D eigenvalue weighted by molar-refractivity contribution is 5.68. The number of aliphatic carboxylic acids is 1.